The van der Waals surface area contributed by atoms with Gasteiger partial charge in [-0.25, -0.2) is 9.59 Å². The van der Waals surface area contributed by atoms with Crippen LogP contribution in [0.2, 0.25) is 0 Å². The summed E-state index contributed by atoms with van der Waals surface area (Å²) in [7, 11) is 3.31. The summed E-state index contributed by atoms with van der Waals surface area (Å²) in [6.45, 7) is 1.16. The van der Waals surface area contributed by atoms with Gasteiger partial charge in [0.2, 0.25) is 0 Å². The number of ether oxygens (including phenoxy) is 1. The highest BCUT2D eigenvalue weighted by Crippen LogP contribution is 2.39. The van der Waals surface area contributed by atoms with Crippen LogP contribution in [0.3, 0.4) is 0 Å². The van der Waals surface area contributed by atoms with Gasteiger partial charge in [-0.05, 0) is 24.7 Å². The summed E-state index contributed by atoms with van der Waals surface area (Å²) in [5.41, 5.74) is 0. The Bertz CT molecular complexity index is 317. The predicted molar refractivity (Wildman–Crippen MR) is 59.8 cm³/mol. The quantitative estimate of drug-likeness (QED) is 0.746. The van der Waals surface area contributed by atoms with E-state index in [-0.39, 0.29) is 12.2 Å². The first-order valence-corrected chi connectivity index (χ1v) is 5.83. The van der Waals surface area contributed by atoms with Gasteiger partial charge in [-0.1, -0.05) is 0 Å². The largest absolute Gasteiger partial charge is 0.465 e. The number of carboxylic acid groups (broad SMARTS) is 1. The van der Waals surface area contributed by atoms with Crippen molar-refractivity contribution in [3.05, 3.63) is 0 Å². The highest BCUT2D eigenvalue weighted by atomic mass is 16.6. The zero-order valence-corrected chi connectivity index (χ0v) is 10.1. The number of likely N-dealkylation sites (tertiary alicyclic amines) is 1. The van der Waals surface area contributed by atoms with Gasteiger partial charge in [0.1, 0.15) is 6.10 Å². The Morgan fingerprint density at radius 3 is 2.18 bits per heavy atom. The SMILES string of the molecule is CN(C)C(=O)OC1C[C@@H]2CN(C(=O)O)C[C@@H]2C1. The van der Waals surface area contributed by atoms with Crippen LogP contribution in [0.15, 0.2) is 0 Å². The molecule has 0 spiro atoms. The lowest BCUT2D eigenvalue weighted by Gasteiger charge is -2.18. The molecule has 2 rings (SSSR count). The highest BCUT2D eigenvalue weighted by molar-refractivity contribution is 5.67. The summed E-state index contributed by atoms with van der Waals surface area (Å²) >= 11 is 0. The number of hydrogen-bond donors (Lipinski definition) is 1. The molecular formula is C11H18N2O4. The second-order valence-electron chi connectivity index (χ2n) is 5.08. The fourth-order valence-electron chi connectivity index (χ4n) is 2.74. The smallest absolute Gasteiger partial charge is 0.409 e. The molecule has 0 radical (unpaired) electrons. The normalized spacial score (nSPS) is 31.2. The van der Waals surface area contributed by atoms with Crippen molar-refractivity contribution >= 4 is 12.2 Å². The molecule has 17 heavy (non-hydrogen) atoms. The molecule has 2 aliphatic rings. The maximum atomic E-state index is 11.4. The first-order valence-electron chi connectivity index (χ1n) is 5.83. The molecule has 1 N–H and O–H groups in total. The van der Waals surface area contributed by atoms with Crippen molar-refractivity contribution in [1.29, 1.82) is 0 Å². The number of carbonyl (C=O) groups excluding carboxylic acids is 1. The van der Waals surface area contributed by atoms with Crippen LogP contribution < -0.4 is 0 Å². The van der Waals surface area contributed by atoms with E-state index < -0.39 is 6.09 Å². The minimum atomic E-state index is -0.846. The zero-order chi connectivity index (χ0) is 12.6. The van der Waals surface area contributed by atoms with Crippen LogP contribution >= 0.6 is 0 Å². The van der Waals surface area contributed by atoms with Crippen molar-refractivity contribution < 1.29 is 19.4 Å². The average Bonchev–Trinajstić information content (AvgIpc) is 2.74. The van der Waals surface area contributed by atoms with Crippen LogP contribution in [-0.4, -0.2) is 60.4 Å². The molecule has 96 valence electrons. The van der Waals surface area contributed by atoms with Crippen molar-refractivity contribution in [2.24, 2.45) is 11.8 Å². The molecule has 1 heterocycles. The van der Waals surface area contributed by atoms with E-state index >= 15 is 0 Å². The van der Waals surface area contributed by atoms with E-state index in [0.717, 1.165) is 12.8 Å². The third-order valence-electron chi connectivity index (χ3n) is 3.61. The monoisotopic (exact) mass is 242 g/mol. The summed E-state index contributed by atoms with van der Waals surface area (Å²) < 4.78 is 5.33. The van der Waals surface area contributed by atoms with Gasteiger partial charge in [-0.15, -0.1) is 0 Å². The molecule has 0 bridgehead atoms. The fourth-order valence-corrected chi connectivity index (χ4v) is 2.74. The van der Waals surface area contributed by atoms with E-state index in [1.165, 1.54) is 9.80 Å². The molecule has 0 aromatic carbocycles. The standard InChI is InChI=1S/C11H18N2O4/c1-12(2)11(16)17-9-3-7-5-13(10(14)15)6-8(7)4-9/h7-9H,3-6H2,1-2H3,(H,14,15)/t7-,8+,9?. The topological polar surface area (TPSA) is 70.1 Å². The lowest BCUT2D eigenvalue weighted by Crippen LogP contribution is -2.30. The van der Waals surface area contributed by atoms with Gasteiger partial charge < -0.3 is 19.6 Å². The summed E-state index contributed by atoms with van der Waals surface area (Å²) in [5.74, 6) is 0.706. The Morgan fingerprint density at radius 1 is 1.24 bits per heavy atom. The number of nitrogens with zero attached hydrogens (tertiary/aromatic N) is 2. The summed E-state index contributed by atoms with van der Waals surface area (Å²) in [6, 6.07) is 0. The molecule has 1 aliphatic carbocycles. The third-order valence-corrected chi connectivity index (χ3v) is 3.61. The van der Waals surface area contributed by atoms with E-state index in [9.17, 15) is 9.59 Å². The van der Waals surface area contributed by atoms with Crippen LogP contribution in [0, 0.1) is 11.8 Å². The average molecular weight is 242 g/mol. The number of fused-ring (bicyclic) bond motifs is 1. The van der Waals surface area contributed by atoms with Gasteiger partial charge in [0.15, 0.2) is 0 Å². The van der Waals surface area contributed by atoms with E-state index in [1.807, 2.05) is 0 Å². The summed E-state index contributed by atoms with van der Waals surface area (Å²) in [5, 5.41) is 8.89. The molecule has 6 heteroatoms. The molecule has 6 nitrogen and oxygen atoms in total. The van der Waals surface area contributed by atoms with E-state index in [1.54, 1.807) is 14.1 Å². The molecule has 0 aromatic heterocycles. The molecule has 2 amide bonds. The molecule has 1 saturated heterocycles. The predicted octanol–water partition coefficient (Wildman–Crippen LogP) is 1.07. The van der Waals surface area contributed by atoms with Crippen molar-refractivity contribution in [3.63, 3.8) is 0 Å². The van der Waals surface area contributed by atoms with E-state index in [4.69, 9.17) is 9.84 Å². The van der Waals surface area contributed by atoms with Gasteiger partial charge in [-0.2, -0.15) is 0 Å². The number of rotatable bonds is 1. The number of hydrogen-bond acceptors (Lipinski definition) is 3. The van der Waals surface area contributed by atoms with Gasteiger partial charge in [0, 0.05) is 27.2 Å². The third kappa shape index (κ3) is 2.45. The van der Waals surface area contributed by atoms with Crippen molar-refractivity contribution in [2.75, 3.05) is 27.2 Å². The molecule has 1 saturated carbocycles. The van der Waals surface area contributed by atoms with E-state index in [2.05, 4.69) is 0 Å². The Labute approximate surface area is 100 Å². The zero-order valence-electron chi connectivity index (χ0n) is 10.1. The Kier molecular flexibility index (Phi) is 3.13. The van der Waals surface area contributed by atoms with Crippen molar-refractivity contribution in [3.8, 4) is 0 Å². The minimum Gasteiger partial charge on any atom is -0.465 e. The fraction of sp³-hybridized carbons (Fsp3) is 0.818. The minimum absolute atomic E-state index is 0.0455. The van der Waals surface area contributed by atoms with Crippen molar-refractivity contribution in [2.45, 2.75) is 18.9 Å². The number of amides is 2. The van der Waals surface area contributed by atoms with Crippen molar-refractivity contribution in [1.82, 2.24) is 9.80 Å². The van der Waals surface area contributed by atoms with Gasteiger partial charge in [-0.3, -0.25) is 0 Å². The Hall–Kier alpha value is -1.46. The van der Waals surface area contributed by atoms with Crippen LogP contribution in [0.25, 0.3) is 0 Å². The molecule has 2 fully saturated rings. The van der Waals surface area contributed by atoms with Gasteiger partial charge in [0.05, 0.1) is 0 Å². The first kappa shape index (κ1) is 12.0. The maximum Gasteiger partial charge on any atom is 0.409 e. The second-order valence-corrected chi connectivity index (χ2v) is 5.08. The van der Waals surface area contributed by atoms with E-state index in [0.29, 0.717) is 24.9 Å². The lowest BCUT2D eigenvalue weighted by molar-refractivity contribution is 0.0710. The summed E-state index contributed by atoms with van der Waals surface area (Å²) in [6.07, 6.45) is 0.365. The molecule has 1 unspecified atom stereocenters. The highest BCUT2D eigenvalue weighted by Gasteiger charge is 2.43. The molecule has 1 aliphatic heterocycles. The molecule has 0 aromatic rings. The van der Waals surface area contributed by atoms with Gasteiger partial charge >= 0.3 is 12.2 Å². The Balaban J connectivity index is 1.84. The van der Waals surface area contributed by atoms with Crippen LogP contribution in [0.1, 0.15) is 12.8 Å². The second kappa shape index (κ2) is 4.43. The lowest BCUT2D eigenvalue weighted by atomic mass is 10.0. The Morgan fingerprint density at radius 2 is 1.76 bits per heavy atom. The van der Waals surface area contributed by atoms with Crippen LogP contribution in [-0.2, 0) is 4.74 Å². The number of carbonyl (C=O) groups is 2. The summed E-state index contributed by atoms with van der Waals surface area (Å²) in [4.78, 5) is 25.1. The molecule has 3 atom stereocenters. The molecular weight excluding hydrogens is 224 g/mol. The van der Waals surface area contributed by atoms with Crippen LogP contribution in [0.4, 0.5) is 9.59 Å². The maximum absolute atomic E-state index is 11.4. The first-order chi connectivity index (χ1) is 7.97. The van der Waals surface area contributed by atoms with Crippen LogP contribution in [0.5, 0.6) is 0 Å². The van der Waals surface area contributed by atoms with Gasteiger partial charge in [0.25, 0.3) is 0 Å².